The molecule has 0 spiro atoms. The lowest BCUT2D eigenvalue weighted by Gasteiger charge is -2.32. The van der Waals surface area contributed by atoms with Crippen LogP contribution in [0.3, 0.4) is 0 Å². The molecular formula is C18H20N4O. The summed E-state index contributed by atoms with van der Waals surface area (Å²) in [6.45, 7) is 2.66. The number of piperidine rings is 1. The Morgan fingerprint density at radius 1 is 1.26 bits per heavy atom. The van der Waals surface area contributed by atoms with E-state index in [4.69, 9.17) is 0 Å². The first-order valence-electron chi connectivity index (χ1n) is 8.12. The van der Waals surface area contributed by atoms with E-state index in [1.807, 2.05) is 54.1 Å². The number of likely N-dealkylation sites (tertiary alicyclic amines) is 1. The summed E-state index contributed by atoms with van der Waals surface area (Å²) in [6.07, 6.45) is 9.62. The lowest BCUT2D eigenvalue weighted by atomic mass is 9.96. The van der Waals surface area contributed by atoms with Crippen LogP contribution in [0, 0.1) is 5.92 Å². The van der Waals surface area contributed by atoms with E-state index in [0.717, 1.165) is 48.9 Å². The van der Waals surface area contributed by atoms with Gasteiger partial charge in [-0.3, -0.25) is 4.79 Å². The Morgan fingerprint density at radius 2 is 2.09 bits per heavy atom. The molecule has 23 heavy (non-hydrogen) atoms. The summed E-state index contributed by atoms with van der Waals surface area (Å²) >= 11 is 0. The maximum atomic E-state index is 12.8. The number of para-hydroxylation sites is 1. The number of imidazole rings is 1. The zero-order valence-electron chi connectivity index (χ0n) is 13.0. The van der Waals surface area contributed by atoms with Gasteiger partial charge in [0.1, 0.15) is 0 Å². The van der Waals surface area contributed by atoms with Gasteiger partial charge in [0.2, 0.25) is 0 Å². The molecule has 5 heteroatoms. The maximum Gasteiger partial charge on any atom is 0.256 e. The van der Waals surface area contributed by atoms with Crippen molar-refractivity contribution >= 4 is 16.8 Å². The number of carbonyl (C=O) groups excluding carboxylic acids is 1. The molecule has 1 amide bonds. The van der Waals surface area contributed by atoms with Crippen LogP contribution in [-0.2, 0) is 6.54 Å². The van der Waals surface area contributed by atoms with Gasteiger partial charge in [0, 0.05) is 49.1 Å². The highest BCUT2D eigenvalue weighted by Gasteiger charge is 2.25. The average molecular weight is 308 g/mol. The van der Waals surface area contributed by atoms with Crippen LogP contribution in [0.2, 0.25) is 0 Å². The Balaban J connectivity index is 1.43. The van der Waals surface area contributed by atoms with Gasteiger partial charge in [-0.2, -0.15) is 0 Å². The fourth-order valence-corrected chi connectivity index (χ4v) is 3.43. The van der Waals surface area contributed by atoms with Crippen molar-refractivity contribution in [3.63, 3.8) is 0 Å². The van der Waals surface area contributed by atoms with E-state index in [1.54, 1.807) is 0 Å². The minimum atomic E-state index is 0.142. The number of H-pyrrole nitrogens is 1. The minimum absolute atomic E-state index is 0.142. The largest absolute Gasteiger partial charge is 0.360 e. The van der Waals surface area contributed by atoms with Gasteiger partial charge >= 0.3 is 0 Å². The maximum absolute atomic E-state index is 12.8. The minimum Gasteiger partial charge on any atom is -0.360 e. The Kier molecular flexibility index (Phi) is 3.61. The number of hydrogen-bond acceptors (Lipinski definition) is 2. The molecule has 1 N–H and O–H groups in total. The molecule has 5 nitrogen and oxygen atoms in total. The van der Waals surface area contributed by atoms with Crippen LogP contribution < -0.4 is 0 Å². The third-order valence-corrected chi connectivity index (χ3v) is 4.75. The molecule has 0 bridgehead atoms. The molecule has 118 valence electrons. The number of amides is 1. The molecule has 2 aromatic heterocycles. The molecule has 1 aliphatic rings. The van der Waals surface area contributed by atoms with E-state index < -0.39 is 0 Å². The molecule has 1 aliphatic heterocycles. The van der Waals surface area contributed by atoms with E-state index >= 15 is 0 Å². The first-order valence-corrected chi connectivity index (χ1v) is 8.12. The molecule has 1 saturated heterocycles. The zero-order valence-corrected chi connectivity index (χ0v) is 13.0. The SMILES string of the molecule is O=C(c1c[nH]c2ccccc12)N1CCC(Cn2ccnc2)CC1. The van der Waals surface area contributed by atoms with Crippen LogP contribution >= 0.6 is 0 Å². The summed E-state index contributed by atoms with van der Waals surface area (Å²) in [5.74, 6) is 0.764. The van der Waals surface area contributed by atoms with Gasteiger partial charge in [0.05, 0.1) is 11.9 Å². The van der Waals surface area contributed by atoms with Gasteiger partial charge in [-0.25, -0.2) is 4.98 Å². The molecule has 3 heterocycles. The number of nitrogens with zero attached hydrogens (tertiary/aromatic N) is 3. The second-order valence-electron chi connectivity index (χ2n) is 6.24. The summed E-state index contributed by atoms with van der Waals surface area (Å²) in [4.78, 5) is 22.1. The molecule has 0 radical (unpaired) electrons. The highest BCUT2D eigenvalue weighted by molar-refractivity contribution is 6.06. The van der Waals surface area contributed by atoms with Crippen molar-refractivity contribution in [2.75, 3.05) is 13.1 Å². The number of aromatic nitrogens is 3. The van der Waals surface area contributed by atoms with Crippen molar-refractivity contribution in [3.8, 4) is 0 Å². The molecule has 0 atom stereocenters. The first-order chi connectivity index (χ1) is 11.3. The Hall–Kier alpha value is -2.56. The second kappa shape index (κ2) is 5.91. The summed E-state index contributed by atoms with van der Waals surface area (Å²) in [5.41, 5.74) is 1.81. The first kappa shape index (κ1) is 14.1. The van der Waals surface area contributed by atoms with Crippen LogP contribution in [0.5, 0.6) is 0 Å². The van der Waals surface area contributed by atoms with E-state index in [0.29, 0.717) is 5.92 Å². The second-order valence-corrected chi connectivity index (χ2v) is 6.24. The Morgan fingerprint density at radius 3 is 2.87 bits per heavy atom. The monoisotopic (exact) mass is 308 g/mol. The van der Waals surface area contributed by atoms with E-state index in [2.05, 4.69) is 14.5 Å². The van der Waals surface area contributed by atoms with E-state index in [9.17, 15) is 4.79 Å². The quantitative estimate of drug-likeness (QED) is 0.809. The van der Waals surface area contributed by atoms with Crippen LogP contribution in [0.15, 0.2) is 49.2 Å². The van der Waals surface area contributed by atoms with Crippen molar-refractivity contribution in [1.82, 2.24) is 19.4 Å². The van der Waals surface area contributed by atoms with Gasteiger partial charge in [-0.1, -0.05) is 18.2 Å². The normalized spacial score (nSPS) is 16.1. The third-order valence-electron chi connectivity index (χ3n) is 4.75. The highest BCUT2D eigenvalue weighted by atomic mass is 16.2. The van der Waals surface area contributed by atoms with E-state index in [1.165, 1.54) is 0 Å². The van der Waals surface area contributed by atoms with Crippen molar-refractivity contribution in [3.05, 3.63) is 54.7 Å². The lowest BCUT2D eigenvalue weighted by molar-refractivity contribution is 0.0685. The van der Waals surface area contributed by atoms with Crippen LogP contribution in [-0.4, -0.2) is 38.4 Å². The summed E-state index contributed by atoms with van der Waals surface area (Å²) in [6, 6.07) is 7.97. The fraction of sp³-hybridized carbons (Fsp3) is 0.333. The summed E-state index contributed by atoms with van der Waals surface area (Å²) < 4.78 is 2.13. The number of nitrogens with one attached hydrogen (secondary N) is 1. The summed E-state index contributed by atoms with van der Waals surface area (Å²) in [5, 5.41) is 1.01. The molecule has 0 aliphatic carbocycles. The number of carbonyl (C=O) groups is 1. The topological polar surface area (TPSA) is 53.9 Å². The predicted molar refractivity (Wildman–Crippen MR) is 89.2 cm³/mol. The molecule has 0 saturated carbocycles. The fourth-order valence-electron chi connectivity index (χ4n) is 3.43. The third kappa shape index (κ3) is 2.74. The standard InChI is InChI=1S/C18H20N4O/c23-18(16-11-20-17-4-2-1-3-15(16)17)22-8-5-14(6-9-22)12-21-10-7-19-13-21/h1-4,7,10-11,13-14,20H,5-6,8-9,12H2. The number of rotatable bonds is 3. The lowest BCUT2D eigenvalue weighted by Crippen LogP contribution is -2.39. The Labute approximate surface area is 134 Å². The Bertz CT molecular complexity index is 797. The predicted octanol–water partition coefficient (Wildman–Crippen LogP) is 2.92. The van der Waals surface area contributed by atoms with Crippen LogP contribution in [0.25, 0.3) is 10.9 Å². The summed E-state index contributed by atoms with van der Waals surface area (Å²) in [7, 11) is 0. The number of hydrogen-bond donors (Lipinski definition) is 1. The number of benzene rings is 1. The zero-order chi connectivity index (χ0) is 15.6. The number of fused-ring (bicyclic) bond motifs is 1. The van der Waals surface area contributed by atoms with E-state index in [-0.39, 0.29) is 5.91 Å². The van der Waals surface area contributed by atoms with Crippen molar-refractivity contribution in [2.45, 2.75) is 19.4 Å². The van der Waals surface area contributed by atoms with Gasteiger partial charge in [-0.15, -0.1) is 0 Å². The molecule has 4 rings (SSSR count). The highest BCUT2D eigenvalue weighted by Crippen LogP contribution is 2.24. The molecule has 3 aromatic rings. The van der Waals surface area contributed by atoms with Crippen molar-refractivity contribution in [2.24, 2.45) is 5.92 Å². The number of aromatic amines is 1. The molecule has 1 fully saturated rings. The van der Waals surface area contributed by atoms with Crippen LogP contribution in [0.1, 0.15) is 23.2 Å². The van der Waals surface area contributed by atoms with Gasteiger partial charge < -0.3 is 14.5 Å². The van der Waals surface area contributed by atoms with Crippen LogP contribution in [0.4, 0.5) is 0 Å². The molecular weight excluding hydrogens is 288 g/mol. The van der Waals surface area contributed by atoms with Gasteiger partial charge in [0.25, 0.3) is 5.91 Å². The van der Waals surface area contributed by atoms with Crippen molar-refractivity contribution < 1.29 is 4.79 Å². The molecule has 1 aromatic carbocycles. The average Bonchev–Trinajstić information content (AvgIpc) is 3.24. The smallest absolute Gasteiger partial charge is 0.256 e. The molecule has 0 unspecified atom stereocenters. The van der Waals surface area contributed by atoms with Crippen molar-refractivity contribution in [1.29, 1.82) is 0 Å². The van der Waals surface area contributed by atoms with Gasteiger partial charge in [-0.05, 0) is 24.8 Å². The van der Waals surface area contributed by atoms with Gasteiger partial charge in [0.15, 0.2) is 0 Å².